The van der Waals surface area contributed by atoms with Crippen LogP contribution >= 0.6 is 0 Å². The Morgan fingerprint density at radius 3 is 2.48 bits per heavy atom. The number of hydrogen-bond acceptors (Lipinski definition) is 2. The van der Waals surface area contributed by atoms with E-state index >= 15 is 0 Å². The molecule has 0 fully saturated rings. The van der Waals surface area contributed by atoms with Gasteiger partial charge in [0.2, 0.25) is 0 Å². The lowest BCUT2D eigenvalue weighted by Crippen LogP contribution is -2.27. The maximum atomic E-state index is 12.0. The van der Waals surface area contributed by atoms with E-state index in [2.05, 4.69) is 13.8 Å². The maximum absolute atomic E-state index is 12.0. The number of ketones is 1. The second-order valence-electron chi connectivity index (χ2n) is 6.03. The molecule has 0 amide bonds. The van der Waals surface area contributed by atoms with E-state index in [9.17, 15) is 4.79 Å². The second kappa shape index (κ2) is 7.65. The van der Waals surface area contributed by atoms with Gasteiger partial charge >= 0.3 is 0 Å². The van der Waals surface area contributed by atoms with Crippen LogP contribution in [0, 0.1) is 6.92 Å². The number of likely N-dealkylation sites (N-methyl/N-ethyl adjacent to an activating group) is 1. The molecule has 1 rings (SSSR count). The standard InChI is InChI=1S/C17H23B2NO/c1-11(2)14-10-16(18)15(12(3)17(14)19)9-13(21)7-6-8-20(4)5/h6-7,10-11H,8-9H2,1-5H3/b7-6-. The minimum atomic E-state index is 0.0448. The summed E-state index contributed by atoms with van der Waals surface area (Å²) in [7, 11) is 16.2. The van der Waals surface area contributed by atoms with Crippen molar-refractivity contribution in [3.05, 3.63) is 34.9 Å². The van der Waals surface area contributed by atoms with Crippen LogP contribution in [-0.2, 0) is 11.2 Å². The highest BCUT2D eigenvalue weighted by atomic mass is 16.1. The van der Waals surface area contributed by atoms with E-state index in [1.807, 2.05) is 38.1 Å². The molecule has 0 bridgehead atoms. The van der Waals surface area contributed by atoms with Gasteiger partial charge in [-0.15, -0.1) is 0 Å². The first kappa shape index (κ1) is 17.8. The number of carbonyl (C=O) groups excluding carboxylic acids is 1. The molecular formula is C17H23B2NO. The van der Waals surface area contributed by atoms with Gasteiger partial charge in [-0.3, -0.25) is 4.79 Å². The Labute approximate surface area is 131 Å². The Hall–Kier alpha value is -1.28. The molecule has 1 aromatic rings. The van der Waals surface area contributed by atoms with E-state index in [0.717, 1.165) is 28.7 Å². The largest absolute Gasteiger partial charge is 0.306 e. The van der Waals surface area contributed by atoms with E-state index in [-0.39, 0.29) is 5.78 Å². The first-order valence-electron chi connectivity index (χ1n) is 7.25. The van der Waals surface area contributed by atoms with Crippen molar-refractivity contribution in [3.8, 4) is 0 Å². The van der Waals surface area contributed by atoms with E-state index in [1.165, 1.54) is 0 Å². The van der Waals surface area contributed by atoms with Gasteiger partial charge in [0.1, 0.15) is 15.7 Å². The van der Waals surface area contributed by atoms with Gasteiger partial charge in [0, 0.05) is 13.0 Å². The predicted octanol–water partition coefficient (Wildman–Crippen LogP) is 0.935. The Bertz CT molecular complexity index is 548. The highest BCUT2D eigenvalue weighted by Crippen LogP contribution is 2.14. The lowest BCUT2D eigenvalue weighted by molar-refractivity contribution is -0.114. The summed E-state index contributed by atoms with van der Waals surface area (Å²) >= 11 is 0. The van der Waals surface area contributed by atoms with Gasteiger partial charge in [0.15, 0.2) is 5.78 Å². The fraction of sp³-hybridized carbons (Fsp3) is 0.471. The molecule has 0 aliphatic heterocycles. The smallest absolute Gasteiger partial charge is 0.159 e. The lowest BCUT2D eigenvalue weighted by atomic mass is 9.74. The molecule has 0 saturated heterocycles. The van der Waals surface area contributed by atoms with Gasteiger partial charge in [-0.25, -0.2) is 0 Å². The highest BCUT2D eigenvalue weighted by Gasteiger charge is 2.13. The van der Waals surface area contributed by atoms with E-state index in [1.54, 1.807) is 6.08 Å². The van der Waals surface area contributed by atoms with Crippen molar-refractivity contribution in [2.45, 2.75) is 33.1 Å². The molecule has 1 aromatic carbocycles. The summed E-state index contributed by atoms with van der Waals surface area (Å²) in [5.74, 6) is 0.360. The predicted molar refractivity (Wildman–Crippen MR) is 92.4 cm³/mol. The number of carbonyl (C=O) groups is 1. The number of nitrogens with zero attached hydrogens (tertiary/aromatic N) is 1. The first-order valence-corrected chi connectivity index (χ1v) is 7.25. The average molecular weight is 279 g/mol. The van der Waals surface area contributed by atoms with Crippen LogP contribution in [0.25, 0.3) is 0 Å². The molecular weight excluding hydrogens is 256 g/mol. The van der Waals surface area contributed by atoms with Gasteiger partial charge in [-0.05, 0) is 38.6 Å². The molecule has 0 heterocycles. The molecule has 0 N–H and O–H groups in total. The topological polar surface area (TPSA) is 20.3 Å². The quantitative estimate of drug-likeness (QED) is 0.570. The highest BCUT2D eigenvalue weighted by molar-refractivity contribution is 6.38. The van der Waals surface area contributed by atoms with E-state index in [4.69, 9.17) is 15.7 Å². The van der Waals surface area contributed by atoms with Crippen molar-refractivity contribution >= 4 is 32.4 Å². The maximum Gasteiger partial charge on any atom is 0.159 e. The van der Waals surface area contributed by atoms with Crippen LogP contribution in [0.4, 0.5) is 0 Å². The normalized spacial score (nSPS) is 11.8. The molecule has 4 heteroatoms. The third-order valence-corrected chi connectivity index (χ3v) is 3.57. The molecule has 0 aliphatic rings. The van der Waals surface area contributed by atoms with Gasteiger partial charge in [0.05, 0.1) is 0 Å². The minimum absolute atomic E-state index is 0.0448. The molecule has 0 saturated carbocycles. The van der Waals surface area contributed by atoms with Crippen molar-refractivity contribution in [3.63, 3.8) is 0 Å². The molecule has 4 radical (unpaired) electrons. The van der Waals surface area contributed by atoms with Gasteiger partial charge in [-0.1, -0.05) is 48.0 Å². The summed E-state index contributed by atoms with van der Waals surface area (Å²) in [5.41, 5.74) is 4.22. The molecule has 0 aliphatic carbocycles. The Morgan fingerprint density at radius 1 is 1.33 bits per heavy atom. The van der Waals surface area contributed by atoms with Crippen molar-refractivity contribution in [2.24, 2.45) is 0 Å². The monoisotopic (exact) mass is 279 g/mol. The molecule has 21 heavy (non-hydrogen) atoms. The molecule has 0 aromatic heterocycles. The summed E-state index contributed by atoms with van der Waals surface area (Å²) < 4.78 is 0. The van der Waals surface area contributed by atoms with Crippen LogP contribution in [0.5, 0.6) is 0 Å². The SMILES string of the molecule is [B]c1cc(C(C)C)c([B])c(C)c1CC(=O)/C=C\CN(C)C. The fourth-order valence-corrected chi connectivity index (χ4v) is 2.27. The zero-order chi connectivity index (χ0) is 16.2. The zero-order valence-corrected chi connectivity index (χ0v) is 13.7. The summed E-state index contributed by atoms with van der Waals surface area (Å²) in [6.07, 6.45) is 3.77. The molecule has 2 nitrogen and oxygen atoms in total. The van der Waals surface area contributed by atoms with Crippen molar-refractivity contribution in [1.29, 1.82) is 0 Å². The number of rotatable bonds is 6. The van der Waals surface area contributed by atoms with Gasteiger partial charge in [-0.2, -0.15) is 0 Å². The summed E-state index contributed by atoms with van der Waals surface area (Å²) in [5, 5.41) is 0. The number of benzene rings is 1. The third kappa shape index (κ3) is 4.89. The van der Waals surface area contributed by atoms with Crippen LogP contribution < -0.4 is 10.9 Å². The zero-order valence-electron chi connectivity index (χ0n) is 13.7. The van der Waals surface area contributed by atoms with Crippen LogP contribution in [0.15, 0.2) is 18.2 Å². The van der Waals surface area contributed by atoms with E-state index < -0.39 is 0 Å². The summed E-state index contributed by atoms with van der Waals surface area (Å²) in [6, 6.07) is 1.90. The van der Waals surface area contributed by atoms with Crippen molar-refractivity contribution < 1.29 is 4.79 Å². The number of allylic oxidation sites excluding steroid dienone is 1. The van der Waals surface area contributed by atoms with Crippen LogP contribution in [0.3, 0.4) is 0 Å². The average Bonchev–Trinajstić information content (AvgIpc) is 2.38. The Balaban J connectivity index is 2.97. The van der Waals surface area contributed by atoms with Gasteiger partial charge < -0.3 is 4.90 Å². The van der Waals surface area contributed by atoms with Crippen molar-refractivity contribution in [2.75, 3.05) is 20.6 Å². The minimum Gasteiger partial charge on any atom is -0.306 e. The lowest BCUT2D eigenvalue weighted by Gasteiger charge is -2.19. The fourth-order valence-electron chi connectivity index (χ4n) is 2.27. The third-order valence-electron chi connectivity index (χ3n) is 3.57. The summed E-state index contributed by atoms with van der Waals surface area (Å²) in [6.45, 7) is 6.84. The van der Waals surface area contributed by atoms with Crippen LogP contribution in [0.2, 0.25) is 0 Å². The Morgan fingerprint density at radius 2 is 1.95 bits per heavy atom. The second-order valence-corrected chi connectivity index (χ2v) is 6.03. The Kier molecular flexibility index (Phi) is 6.47. The van der Waals surface area contributed by atoms with Gasteiger partial charge in [0.25, 0.3) is 0 Å². The molecule has 0 atom stereocenters. The molecule has 0 unspecified atom stereocenters. The summed E-state index contributed by atoms with van der Waals surface area (Å²) in [4.78, 5) is 14.0. The van der Waals surface area contributed by atoms with Crippen LogP contribution in [0.1, 0.15) is 36.5 Å². The van der Waals surface area contributed by atoms with Crippen LogP contribution in [-0.4, -0.2) is 47.0 Å². The number of hydrogen-bond donors (Lipinski definition) is 0. The molecule has 108 valence electrons. The van der Waals surface area contributed by atoms with E-state index in [0.29, 0.717) is 17.8 Å². The first-order chi connectivity index (χ1) is 9.73. The molecule has 0 spiro atoms. The van der Waals surface area contributed by atoms with Crippen molar-refractivity contribution in [1.82, 2.24) is 4.90 Å².